The highest BCUT2D eigenvalue weighted by Gasteiger charge is 2.37. The highest BCUT2D eigenvalue weighted by atomic mass is 35.5. The molecule has 0 aromatic heterocycles. The predicted molar refractivity (Wildman–Crippen MR) is 131 cm³/mol. The van der Waals surface area contributed by atoms with Crippen molar-refractivity contribution in [3.05, 3.63) is 70.7 Å². The molecule has 0 saturated carbocycles. The molecule has 1 amide bonds. The zero-order valence-electron chi connectivity index (χ0n) is 19.0. The summed E-state index contributed by atoms with van der Waals surface area (Å²) in [5.41, 5.74) is 2.47. The molecule has 2 aliphatic rings. The van der Waals surface area contributed by atoms with Crippen molar-refractivity contribution in [2.24, 2.45) is 0 Å². The van der Waals surface area contributed by atoms with Gasteiger partial charge in [-0.15, -0.1) is 0 Å². The standard InChI is InChI=1S/C26H35ClN4O/c1-2-28-26(32)25-16-23(19-31(25)18-21-10-6-7-11-24(21)27)29-22-12-14-30(15-13-22)17-20-8-4-3-5-9-20/h3-11,22-23,25,29H,2,12-19H2,1H3,(H,28,32)/t23-,25-/m0/s1. The fourth-order valence-corrected chi connectivity index (χ4v) is 5.24. The van der Waals surface area contributed by atoms with E-state index in [1.165, 1.54) is 5.56 Å². The lowest BCUT2D eigenvalue weighted by molar-refractivity contribution is -0.125. The van der Waals surface area contributed by atoms with Gasteiger partial charge in [-0.3, -0.25) is 14.6 Å². The number of amides is 1. The monoisotopic (exact) mass is 454 g/mol. The maximum absolute atomic E-state index is 12.8. The van der Waals surface area contributed by atoms with E-state index in [4.69, 9.17) is 11.6 Å². The first-order valence-electron chi connectivity index (χ1n) is 11.9. The van der Waals surface area contributed by atoms with Gasteiger partial charge in [0.2, 0.25) is 5.91 Å². The minimum absolute atomic E-state index is 0.109. The molecule has 2 aliphatic heterocycles. The third-order valence-corrected chi connectivity index (χ3v) is 7.07. The maximum atomic E-state index is 12.8. The van der Waals surface area contributed by atoms with Gasteiger partial charge in [0.15, 0.2) is 0 Å². The Balaban J connectivity index is 1.31. The molecule has 0 spiro atoms. The molecule has 32 heavy (non-hydrogen) atoms. The van der Waals surface area contributed by atoms with Gasteiger partial charge < -0.3 is 10.6 Å². The van der Waals surface area contributed by atoms with Gasteiger partial charge in [0.25, 0.3) is 0 Å². The average Bonchev–Trinajstić information content (AvgIpc) is 3.20. The van der Waals surface area contributed by atoms with Gasteiger partial charge in [0.1, 0.15) is 0 Å². The smallest absolute Gasteiger partial charge is 0.237 e. The van der Waals surface area contributed by atoms with E-state index in [0.29, 0.717) is 25.2 Å². The molecule has 2 atom stereocenters. The Hall–Kier alpha value is -1.92. The molecule has 0 aliphatic carbocycles. The number of carbonyl (C=O) groups is 1. The molecule has 4 rings (SSSR count). The van der Waals surface area contributed by atoms with Crippen molar-refractivity contribution in [2.45, 2.75) is 57.4 Å². The zero-order valence-corrected chi connectivity index (χ0v) is 19.7. The van der Waals surface area contributed by atoms with Crippen LogP contribution in [0.15, 0.2) is 54.6 Å². The molecular weight excluding hydrogens is 420 g/mol. The Morgan fingerprint density at radius 2 is 1.72 bits per heavy atom. The quantitative estimate of drug-likeness (QED) is 0.638. The molecule has 0 unspecified atom stereocenters. The van der Waals surface area contributed by atoms with Gasteiger partial charge in [-0.05, 0) is 56.5 Å². The Labute approximate surface area is 197 Å². The van der Waals surface area contributed by atoms with Crippen LogP contribution in [0, 0.1) is 0 Å². The summed E-state index contributed by atoms with van der Waals surface area (Å²) in [6.45, 7) is 7.47. The molecule has 2 N–H and O–H groups in total. The minimum atomic E-state index is -0.109. The van der Waals surface area contributed by atoms with Gasteiger partial charge in [0.05, 0.1) is 6.04 Å². The largest absolute Gasteiger partial charge is 0.355 e. The summed E-state index contributed by atoms with van der Waals surface area (Å²) in [6, 6.07) is 19.4. The van der Waals surface area contributed by atoms with Crippen molar-refractivity contribution >= 4 is 17.5 Å². The Morgan fingerprint density at radius 3 is 2.44 bits per heavy atom. The van der Waals surface area contributed by atoms with Crippen LogP contribution in [0.25, 0.3) is 0 Å². The number of likely N-dealkylation sites (tertiary alicyclic amines) is 2. The van der Waals surface area contributed by atoms with Crippen LogP contribution in [0.2, 0.25) is 5.02 Å². The average molecular weight is 455 g/mol. The number of nitrogens with one attached hydrogen (secondary N) is 2. The number of piperidine rings is 1. The van der Waals surface area contributed by atoms with E-state index in [0.717, 1.165) is 56.0 Å². The van der Waals surface area contributed by atoms with Gasteiger partial charge in [-0.2, -0.15) is 0 Å². The number of nitrogens with zero attached hydrogens (tertiary/aromatic N) is 2. The number of likely N-dealkylation sites (N-methyl/N-ethyl adjacent to an activating group) is 1. The van der Waals surface area contributed by atoms with E-state index in [9.17, 15) is 4.79 Å². The van der Waals surface area contributed by atoms with Gasteiger partial charge in [-0.25, -0.2) is 0 Å². The molecule has 5 nitrogen and oxygen atoms in total. The topological polar surface area (TPSA) is 47.6 Å². The highest BCUT2D eigenvalue weighted by molar-refractivity contribution is 6.31. The van der Waals surface area contributed by atoms with Crippen LogP contribution in [-0.2, 0) is 17.9 Å². The summed E-state index contributed by atoms with van der Waals surface area (Å²) in [7, 11) is 0. The van der Waals surface area contributed by atoms with Gasteiger partial charge >= 0.3 is 0 Å². The summed E-state index contributed by atoms with van der Waals surface area (Å²) < 4.78 is 0. The Bertz CT molecular complexity index is 869. The lowest BCUT2D eigenvalue weighted by Crippen LogP contribution is -2.46. The predicted octanol–water partition coefficient (Wildman–Crippen LogP) is 3.67. The number of halogens is 1. The first kappa shape index (κ1) is 23.2. The van der Waals surface area contributed by atoms with E-state index >= 15 is 0 Å². The van der Waals surface area contributed by atoms with E-state index in [1.54, 1.807) is 0 Å². The molecule has 2 heterocycles. The molecule has 0 bridgehead atoms. The summed E-state index contributed by atoms with van der Waals surface area (Å²) >= 11 is 6.41. The second-order valence-electron chi connectivity index (χ2n) is 9.07. The molecule has 2 fully saturated rings. The molecule has 0 radical (unpaired) electrons. The van der Waals surface area contributed by atoms with Crippen molar-refractivity contribution < 1.29 is 4.79 Å². The number of carbonyl (C=O) groups excluding carboxylic acids is 1. The SMILES string of the molecule is CCNC(=O)[C@@H]1C[C@H](NC2CCN(Cc3ccccc3)CC2)CN1Cc1ccccc1Cl. The number of rotatable bonds is 8. The van der Waals surface area contributed by atoms with Crippen LogP contribution in [0.4, 0.5) is 0 Å². The van der Waals surface area contributed by atoms with Crippen LogP contribution in [0.1, 0.15) is 37.3 Å². The molecular formula is C26H35ClN4O. The number of hydrogen-bond acceptors (Lipinski definition) is 4. The highest BCUT2D eigenvalue weighted by Crippen LogP contribution is 2.25. The summed E-state index contributed by atoms with van der Waals surface area (Å²) in [6.07, 6.45) is 3.15. The van der Waals surface area contributed by atoms with Crippen molar-refractivity contribution in [1.29, 1.82) is 0 Å². The Kier molecular flexibility index (Phi) is 8.20. The Morgan fingerprint density at radius 1 is 1.00 bits per heavy atom. The third-order valence-electron chi connectivity index (χ3n) is 6.70. The maximum Gasteiger partial charge on any atom is 0.237 e. The first-order chi connectivity index (χ1) is 15.6. The van der Waals surface area contributed by atoms with E-state index in [-0.39, 0.29) is 11.9 Å². The lowest BCUT2D eigenvalue weighted by Gasteiger charge is -2.34. The second kappa shape index (κ2) is 11.3. The van der Waals surface area contributed by atoms with E-state index in [1.807, 2.05) is 25.1 Å². The zero-order chi connectivity index (χ0) is 22.3. The fraction of sp³-hybridized carbons (Fsp3) is 0.500. The lowest BCUT2D eigenvalue weighted by atomic mass is 10.0. The van der Waals surface area contributed by atoms with Gasteiger partial charge in [-0.1, -0.05) is 60.1 Å². The number of hydrogen-bond donors (Lipinski definition) is 2. The fourth-order valence-electron chi connectivity index (χ4n) is 5.04. The van der Waals surface area contributed by atoms with E-state index in [2.05, 4.69) is 56.8 Å². The summed E-state index contributed by atoms with van der Waals surface area (Å²) in [5, 5.41) is 7.67. The summed E-state index contributed by atoms with van der Waals surface area (Å²) in [5.74, 6) is 0.126. The molecule has 6 heteroatoms. The third kappa shape index (κ3) is 6.10. The summed E-state index contributed by atoms with van der Waals surface area (Å²) in [4.78, 5) is 17.6. The van der Waals surface area contributed by atoms with Gasteiger partial charge in [0, 0.05) is 43.3 Å². The molecule has 172 valence electrons. The van der Waals surface area contributed by atoms with Crippen LogP contribution in [-0.4, -0.2) is 60.0 Å². The number of benzene rings is 2. The van der Waals surface area contributed by atoms with E-state index < -0.39 is 0 Å². The van der Waals surface area contributed by atoms with Crippen LogP contribution >= 0.6 is 11.6 Å². The van der Waals surface area contributed by atoms with Crippen molar-refractivity contribution in [2.75, 3.05) is 26.2 Å². The van der Waals surface area contributed by atoms with Crippen molar-refractivity contribution in [3.8, 4) is 0 Å². The van der Waals surface area contributed by atoms with Crippen molar-refractivity contribution in [1.82, 2.24) is 20.4 Å². The molecule has 2 saturated heterocycles. The molecule has 2 aromatic carbocycles. The van der Waals surface area contributed by atoms with Crippen molar-refractivity contribution in [3.63, 3.8) is 0 Å². The first-order valence-corrected chi connectivity index (χ1v) is 12.3. The minimum Gasteiger partial charge on any atom is -0.355 e. The van der Waals surface area contributed by atoms with Crippen LogP contribution < -0.4 is 10.6 Å². The molecule has 2 aromatic rings. The normalized spacial score (nSPS) is 22.8. The van der Waals surface area contributed by atoms with Crippen LogP contribution in [0.5, 0.6) is 0 Å². The van der Waals surface area contributed by atoms with Crippen LogP contribution in [0.3, 0.4) is 0 Å². The second-order valence-corrected chi connectivity index (χ2v) is 9.47.